The molecule has 1 unspecified atom stereocenters. The Bertz CT molecular complexity index is 626. The van der Waals surface area contributed by atoms with E-state index < -0.39 is 0 Å². The highest BCUT2D eigenvalue weighted by atomic mass is 32.2. The van der Waals surface area contributed by atoms with Gasteiger partial charge in [0.1, 0.15) is 0 Å². The molecule has 0 spiro atoms. The molecule has 21 heavy (non-hydrogen) atoms. The molecular formula is C18H19NOS. The number of anilines is 1. The molecule has 2 aromatic carbocycles. The van der Waals surface area contributed by atoms with Crippen molar-refractivity contribution in [3.63, 3.8) is 0 Å². The highest BCUT2D eigenvalue weighted by Gasteiger charge is 2.26. The summed E-state index contributed by atoms with van der Waals surface area (Å²) < 4.78 is 0. The van der Waals surface area contributed by atoms with Gasteiger partial charge < -0.3 is 4.90 Å². The third kappa shape index (κ3) is 3.13. The molecule has 108 valence electrons. The van der Waals surface area contributed by atoms with Gasteiger partial charge in [0.15, 0.2) is 0 Å². The average molecular weight is 297 g/mol. The lowest BCUT2D eigenvalue weighted by Crippen LogP contribution is -2.40. The van der Waals surface area contributed by atoms with Gasteiger partial charge in [-0.3, -0.25) is 4.79 Å². The van der Waals surface area contributed by atoms with Crippen molar-refractivity contribution in [1.82, 2.24) is 0 Å². The maximum absolute atomic E-state index is 12.8. The molecule has 0 bridgehead atoms. The summed E-state index contributed by atoms with van der Waals surface area (Å²) in [6.07, 6.45) is 2.12. The molecule has 0 saturated carbocycles. The number of thioether (sulfide) groups is 1. The minimum Gasteiger partial charge on any atom is -0.311 e. The first-order valence-corrected chi connectivity index (χ1v) is 8.24. The number of nitrogens with zero attached hydrogens (tertiary/aromatic N) is 1. The monoisotopic (exact) mass is 297 g/mol. The highest BCUT2D eigenvalue weighted by Crippen LogP contribution is 2.30. The van der Waals surface area contributed by atoms with E-state index >= 15 is 0 Å². The van der Waals surface area contributed by atoms with Crippen molar-refractivity contribution in [1.29, 1.82) is 0 Å². The summed E-state index contributed by atoms with van der Waals surface area (Å²) in [5.41, 5.74) is 2.38. The van der Waals surface area contributed by atoms with E-state index in [4.69, 9.17) is 0 Å². The van der Waals surface area contributed by atoms with Crippen LogP contribution in [0.3, 0.4) is 0 Å². The lowest BCUT2D eigenvalue weighted by atomic mass is 10.0. The molecule has 1 atom stereocenters. The first kappa shape index (κ1) is 14.2. The van der Waals surface area contributed by atoms with Crippen LogP contribution in [0.15, 0.2) is 59.5 Å². The Morgan fingerprint density at radius 3 is 2.62 bits per heavy atom. The van der Waals surface area contributed by atoms with Crippen molar-refractivity contribution in [2.75, 3.05) is 11.4 Å². The van der Waals surface area contributed by atoms with Gasteiger partial charge in [-0.15, -0.1) is 11.8 Å². The number of aryl methyl sites for hydroxylation is 1. The van der Waals surface area contributed by atoms with Crippen LogP contribution in [0.25, 0.3) is 0 Å². The van der Waals surface area contributed by atoms with Crippen molar-refractivity contribution in [3.8, 4) is 0 Å². The number of carbonyl (C=O) groups excluding carboxylic acids is 1. The quantitative estimate of drug-likeness (QED) is 0.793. The zero-order chi connectivity index (χ0) is 14.7. The smallest absolute Gasteiger partial charge is 0.240 e. The standard InChI is InChI=1S/C18H19NOS/c1-14(21-16-10-3-2-4-11-16)18(20)19-13-7-9-15-8-5-6-12-17(15)19/h2-6,8,10-12,14H,7,9,13H2,1H3. The van der Waals surface area contributed by atoms with Gasteiger partial charge in [0, 0.05) is 17.1 Å². The average Bonchev–Trinajstić information content (AvgIpc) is 2.54. The predicted octanol–water partition coefficient (Wildman–Crippen LogP) is 4.15. The molecule has 0 radical (unpaired) electrons. The molecule has 1 heterocycles. The van der Waals surface area contributed by atoms with Crippen molar-refractivity contribution < 1.29 is 4.79 Å². The highest BCUT2D eigenvalue weighted by molar-refractivity contribution is 8.00. The largest absolute Gasteiger partial charge is 0.311 e. The number of para-hydroxylation sites is 1. The first-order valence-electron chi connectivity index (χ1n) is 7.37. The molecule has 1 aliphatic heterocycles. The van der Waals surface area contributed by atoms with Crippen LogP contribution >= 0.6 is 11.8 Å². The van der Waals surface area contributed by atoms with Gasteiger partial charge in [-0.05, 0) is 43.5 Å². The number of fused-ring (bicyclic) bond motifs is 1. The molecule has 1 amide bonds. The lowest BCUT2D eigenvalue weighted by molar-refractivity contribution is -0.117. The van der Waals surface area contributed by atoms with Gasteiger partial charge in [-0.25, -0.2) is 0 Å². The summed E-state index contributed by atoms with van der Waals surface area (Å²) in [6, 6.07) is 18.4. The maximum atomic E-state index is 12.8. The molecule has 0 saturated heterocycles. The second-order valence-corrected chi connectivity index (χ2v) is 6.71. The third-order valence-corrected chi connectivity index (χ3v) is 4.88. The van der Waals surface area contributed by atoms with Crippen LogP contribution in [0, 0.1) is 0 Å². The van der Waals surface area contributed by atoms with Gasteiger partial charge in [-0.1, -0.05) is 36.4 Å². The van der Waals surface area contributed by atoms with Crippen LogP contribution in [-0.4, -0.2) is 17.7 Å². The molecule has 2 aromatic rings. The zero-order valence-corrected chi connectivity index (χ0v) is 13.0. The minimum absolute atomic E-state index is 0.0708. The molecule has 0 N–H and O–H groups in total. The van der Waals surface area contributed by atoms with Gasteiger partial charge >= 0.3 is 0 Å². The lowest BCUT2D eigenvalue weighted by Gasteiger charge is -2.31. The summed E-state index contributed by atoms with van der Waals surface area (Å²) in [6.45, 7) is 2.83. The Kier molecular flexibility index (Phi) is 4.30. The van der Waals surface area contributed by atoms with E-state index in [1.54, 1.807) is 11.8 Å². The van der Waals surface area contributed by atoms with Gasteiger partial charge in [0.25, 0.3) is 0 Å². The Hall–Kier alpha value is -1.74. The molecule has 2 nitrogen and oxygen atoms in total. The van der Waals surface area contributed by atoms with E-state index in [1.165, 1.54) is 5.56 Å². The third-order valence-electron chi connectivity index (χ3n) is 3.78. The van der Waals surface area contributed by atoms with E-state index in [2.05, 4.69) is 30.3 Å². The van der Waals surface area contributed by atoms with Gasteiger partial charge in [0.2, 0.25) is 5.91 Å². The molecule has 0 aromatic heterocycles. The Morgan fingerprint density at radius 1 is 1.10 bits per heavy atom. The van der Waals surface area contributed by atoms with E-state index in [-0.39, 0.29) is 11.2 Å². The van der Waals surface area contributed by atoms with Gasteiger partial charge in [-0.2, -0.15) is 0 Å². The number of amides is 1. The van der Waals surface area contributed by atoms with Crippen LogP contribution < -0.4 is 4.90 Å². The SMILES string of the molecule is CC(Sc1ccccc1)C(=O)N1CCCc2ccccc21. The van der Waals surface area contributed by atoms with E-state index in [0.29, 0.717) is 0 Å². The van der Waals surface area contributed by atoms with Crippen LogP contribution in [0.5, 0.6) is 0 Å². The maximum Gasteiger partial charge on any atom is 0.240 e. The summed E-state index contributed by atoms with van der Waals surface area (Å²) in [4.78, 5) is 15.9. The van der Waals surface area contributed by atoms with Crippen molar-refractivity contribution in [2.24, 2.45) is 0 Å². The Morgan fingerprint density at radius 2 is 1.81 bits per heavy atom. The number of hydrogen-bond acceptors (Lipinski definition) is 2. The summed E-state index contributed by atoms with van der Waals surface area (Å²) in [5.74, 6) is 0.205. The summed E-state index contributed by atoms with van der Waals surface area (Å²) >= 11 is 1.63. The molecule has 3 rings (SSSR count). The van der Waals surface area contributed by atoms with Crippen molar-refractivity contribution in [3.05, 3.63) is 60.2 Å². The second kappa shape index (κ2) is 6.35. The Balaban J connectivity index is 1.77. The molecule has 1 aliphatic rings. The van der Waals surface area contributed by atoms with E-state index in [1.807, 2.05) is 36.1 Å². The topological polar surface area (TPSA) is 20.3 Å². The van der Waals surface area contributed by atoms with Crippen molar-refractivity contribution in [2.45, 2.75) is 29.9 Å². The van der Waals surface area contributed by atoms with Gasteiger partial charge in [0.05, 0.1) is 5.25 Å². The summed E-state index contributed by atoms with van der Waals surface area (Å²) in [7, 11) is 0. The zero-order valence-electron chi connectivity index (χ0n) is 12.2. The van der Waals surface area contributed by atoms with E-state index in [9.17, 15) is 4.79 Å². The normalized spacial score (nSPS) is 15.4. The Labute approximate surface area is 130 Å². The second-order valence-electron chi connectivity index (χ2n) is 5.30. The molecular weight excluding hydrogens is 278 g/mol. The van der Waals surface area contributed by atoms with Crippen LogP contribution in [0.1, 0.15) is 18.9 Å². The fraction of sp³-hybridized carbons (Fsp3) is 0.278. The van der Waals surface area contributed by atoms with Crippen LogP contribution in [0.2, 0.25) is 0 Å². The number of carbonyl (C=O) groups is 1. The molecule has 0 fully saturated rings. The molecule has 3 heteroatoms. The number of hydrogen-bond donors (Lipinski definition) is 0. The van der Waals surface area contributed by atoms with Crippen LogP contribution in [-0.2, 0) is 11.2 Å². The van der Waals surface area contributed by atoms with Crippen molar-refractivity contribution >= 4 is 23.4 Å². The fourth-order valence-corrected chi connectivity index (χ4v) is 3.69. The number of rotatable bonds is 3. The van der Waals surface area contributed by atoms with Crippen LogP contribution in [0.4, 0.5) is 5.69 Å². The first-order chi connectivity index (χ1) is 10.3. The minimum atomic E-state index is -0.0708. The predicted molar refractivity (Wildman–Crippen MR) is 88.9 cm³/mol. The van der Waals surface area contributed by atoms with E-state index in [0.717, 1.165) is 30.0 Å². The number of benzene rings is 2. The summed E-state index contributed by atoms with van der Waals surface area (Å²) in [5, 5.41) is -0.0708. The molecule has 0 aliphatic carbocycles. The fourth-order valence-electron chi connectivity index (χ4n) is 2.74.